The first-order valence-electron chi connectivity index (χ1n) is 8.85. The van der Waals surface area contributed by atoms with Crippen molar-refractivity contribution in [1.29, 1.82) is 0 Å². The number of likely N-dealkylation sites (tertiary alicyclic amines) is 1. The van der Waals surface area contributed by atoms with Crippen molar-refractivity contribution >= 4 is 11.8 Å². The van der Waals surface area contributed by atoms with Gasteiger partial charge in [-0.1, -0.05) is 38.8 Å². The molecule has 1 aromatic carbocycles. The zero-order valence-corrected chi connectivity index (χ0v) is 14.7. The van der Waals surface area contributed by atoms with Gasteiger partial charge < -0.3 is 15.0 Å². The quantitative estimate of drug-likeness (QED) is 0.871. The highest BCUT2D eigenvalue weighted by Gasteiger charge is 2.18. The van der Waals surface area contributed by atoms with Crippen LogP contribution < -0.4 is 10.1 Å². The van der Waals surface area contributed by atoms with Gasteiger partial charge in [0.1, 0.15) is 5.75 Å². The first-order chi connectivity index (χ1) is 11.6. The number of carbonyl (C=O) groups excluding carboxylic acids is 2. The SMILES string of the molecule is CC(C)CNC(=O)c1ccccc1OCC(=O)N1CCCCCC1. The molecule has 2 amide bonds. The highest BCUT2D eigenvalue weighted by molar-refractivity contribution is 5.97. The Bertz CT molecular complexity index is 549. The first-order valence-corrected chi connectivity index (χ1v) is 8.85. The van der Waals surface area contributed by atoms with E-state index in [1.165, 1.54) is 12.8 Å². The summed E-state index contributed by atoms with van der Waals surface area (Å²) in [4.78, 5) is 26.5. The molecule has 0 aliphatic carbocycles. The van der Waals surface area contributed by atoms with Crippen LogP contribution in [-0.2, 0) is 4.79 Å². The lowest BCUT2D eigenvalue weighted by atomic mass is 10.1. The van der Waals surface area contributed by atoms with Crippen molar-refractivity contribution in [3.05, 3.63) is 29.8 Å². The molecule has 0 saturated carbocycles. The second-order valence-corrected chi connectivity index (χ2v) is 6.68. The lowest BCUT2D eigenvalue weighted by Crippen LogP contribution is -2.36. The molecular formula is C19H28N2O3. The number of hydrogen-bond acceptors (Lipinski definition) is 3. The van der Waals surface area contributed by atoms with Crippen molar-refractivity contribution in [2.24, 2.45) is 5.92 Å². The molecule has 2 rings (SSSR count). The second-order valence-electron chi connectivity index (χ2n) is 6.68. The van der Waals surface area contributed by atoms with Crippen molar-refractivity contribution in [3.8, 4) is 5.75 Å². The summed E-state index contributed by atoms with van der Waals surface area (Å²) in [7, 11) is 0. The number of amides is 2. The average Bonchev–Trinajstić information content (AvgIpc) is 2.87. The van der Waals surface area contributed by atoms with Crippen LogP contribution in [0, 0.1) is 5.92 Å². The van der Waals surface area contributed by atoms with E-state index in [9.17, 15) is 9.59 Å². The Balaban J connectivity index is 1.94. The Kier molecular flexibility index (Phi) is 7.09. The average molecular weight is 332 g/mol. The van der Waals surface area contributed by atoms with Crippen LogP contribution in [-0.4, -0.2) is 43.0 Å². The van der Waals surface area contributed by atoms with Crippen LogP contribution in [0.3, 0.4) is 0 Å². The molecule has 0 atom stereocenters. The minimum atomic E-state index is -0.165. The number of para-hydroxylation sites is 1. The monoisotopic (exact) mass is 332 g/mol. The standard InChI is InChI=1S/C19H28N2O3/c1-15(2)13-20-19(23)16-9-5-6-10-17(16)24-14-18(22)21-11-7-3-4-8-12-21/h5-6,9-10,15H,3-4,7-8,11-14H2,1-2H3,(H,20,23). The van der Waals surface area contributed by atoms with Crippen LogP contribution >= 0.6 is 0 Å². The maximum atomic E-state index is 12.3. The van der Waals surface area contributed by atoms with Crippen LogP contribution in [0.25, 0.3) is 0 Å². The molecule has 0 unspecified atom stereocenters. The summed E-state index contributed by atoms with van der Waals surface area (Å²) in [5.41, 5.74) is 0.474. The third-order valence-electron chi connectivity index (χ3n) is 4.11. The number of nitrogens with zero attached hydrogens (tertiary/aromatic N) is 1. The Morgan fingerprint density at radius 2 is 1.79 bits per heavy atom. The van der Waals surface area contributed by atoms with Crippen molar-refractivity contribution in [1.82, 2.24) is 10.2 Å². The van der Waals surface area contributed by atoms with E-state index in [0.717, 1.165) is 25.9 Å². The third kappa shape index (κ3) is 5.55. The molecule has 132 valence electrons. The van der Waals surface area contributed by atoms with Gasteiger partial charge in [-0.15, -0.1) is 0 Å². The van der Waals surface area contributed by atoms with Crippen molar-refractivity contribution in [3.63, 3.8) is 0 Å². The summed E-state index contributed by atoms with van der Waals surface area (Å²) in [6.07, 6.45) is 4.48. The van der Waals surface area contributed by atoms with Crippen molar-refractivity contribution in [2.45, 2.75) is 39.5 Å². The van der Waals surface area contributed by atoms with Crippen LogP contribution in [0.15, 0.2) is 24.3 Å². The molecule has 5 nitrogen and oxygen atoms in total. The number of benzene rings is 1. The highest BCUT2D eigenvalue weighted by atomic mass is 16.5. The molecular weight excluding hydrogens is 304 g/mol. The number of rotatable bonds is 6. The van der Waals surface area contributed by atoms with E-state index in [1.54, 1.807) is 18.2 Å². The summed E-state index contributed by atoms with van der Waals surface area (Å²) in [5.74, 6) is 0.671. The van der Waals surface area contributed by atoms with Gasteiger partial charge in [0.15, 0.2) is 6.61 Å². The van der Waals surface area contributed by atoms with Gasteiger partial charge in [-0.2, -0.15) is 0 Å². The van der Waals surface area contributed by atoms with Crippen molar-refractivity contribution in [2.75, 3.05) is 26.2 Å². The maximum absolute atomic E-state index is 12.3. The van der Waals surface area contributed by atoms with Gasteiger partial charge in [-0.25, -0.2) is 0 Å². The summed E-state index contributed by atoms with van der Waals surface area (Å²) in [6, 6.07) is 7.07. The first kappa shape index (κ1) is 18.3. The van der Waals surface area contributed by atoms with Crippen molar-refractivity contribution < 1.29 is 14.3 Å². The van der Waals surface area contributed by atoms with E-state index in [0.29, 0.717) is 23.8 Å². The Hall–Kier alpha value is -2.04. The molecule has 24 heavy (non-hydrogen) atoms. The molecule has 0 radical (unpaired) electrons. The minimum Gasteiger partial charge on any atom is -0.483 e. The fraction of sp³-hybridized carbons (Fsp3) is 0.579. The Morgan fingerprint density at radius 3 is 2.46 bits per heavy atom. The van der Waals surface area contributed by atoms with E-state index in [-0.39, 0.29) is 18.4 Å². The van der Waals surface area contributed by atoms with E-state index in [1.807, 2.05) is 24.8 Å². The fourth-order valence-corrected chi connectivity index (χ4v) is 2.72. The molecule has 1 aromatic rings. The normalized spacial score (nSPS) is 15.0. The molecule has 1 aliphatic rings. The molecule has 5 heteroatoms. The van der Waals surface area contributed by atoms with Crippen LogP contribution in [0.1, 0.15) is 49.9 Å². The van der Waals surface area contributed by atoms with Gasteiger partial charge >= 0.3 is 0 Å². The molecule has 0 bridgehead atoms. The summed E-state index contributed by atoms with van der Waals surface area (Å²) >= 11 is 0. The van der Waals surface area contributed by atoms with E-state index in [2.05, 4.69) is 5.32 Å². The fourth-order valence-electron chi connectivity index (χ4n) is 2.72. The summed E-state index contributed by atoms with van der Waals surface area (Å²) in [6.45, 7) is 6.29. The predicted octanol–water partition coefficient (Wildman–Crippen LogP) is 2.85. The van der Waals surface area contributed by atoms with Gasteiger partial charge in [-0.05, 0) is 30.9 Å². The van der Waals surface area contributed by atoms with Gasteiger partial charge in [0.25, 0.3) is 11.8 Å². The van der Waals surface area contributed by atoms with Gasteiger partial charge in [0, 0.05) is 19.6 Å². The summed E-state index contributed by atoms with van der Waals surface area (Å²) in [5, 5.41) is 2.88. The Labute approximate surface area is 144 Å². The van der Waals surface area contributed by atoms with Gasteiger partial charge in [0.05, 0.1) is 5.56 Å². The van der Waals surface area contributed by atoms with Crippen LogP contribution in [0.2, 0.25) is 0 Å². The summed E-state index contributed by atoms with van der Waals surface area (Å²) < 4.78 is 5.67. The molecule has 1 fully saturated rings. The minimum absolute atomic E-state index is 0.00529. The van der Waals surface area contributed by atoms with Gasteiger partial charge in [-0.3, -0.25) is 9.59 Å². The van der Waals surface area contributed by atoms with Gasteiger partial charge in [0.2, 0.25) is 0 Å². The number of ether oxygens (including phenoxy) is 1. The molecule has 1 heterocycles. The lowest BCUT2D eigenvalue weighted by molar-refractivity contribution is -0.133. The third-order valence-corrected chi connectivity index (χ3v) is 4.11. The molecule has 0 aromatic heterocycles. The zero-order chi connectivity index (χ0) is 17.4. The number of hydrogen-bond donors (Lipinski definition) is 1. The largest absolute Gasteiger partial charge is 0.483 e. The Morgan fingerprint density at radius 1 is 1.12 bits per heavy atom. The topological polar surface area (TPSA) is 58.6 Å². The number of carbonyl (C=O) groups is 2. The zero-order valence-electron chi connectivity index (χ0n) is 14.7. The molecule has 0 spiro atoms. The lowest BCUT2D eigenvalue weighted by Gasteiger charge is -2.20. The van der Waals surface area contributed by atoms with Crippen LogP contribution in [0.4, 0.5) is 0 Å². The molecule has 1 saturated heterocycles. The smallest absolute Gasteiger partial charge is 0.260 e. The molecule has 1 N–H and O–H groups in total. The van der Waals surface area contributed by atoms with Crippen LogP contribution in [0.5, 0.6) is 5.75 Å². The number of nitrogens with one attached hydrogen (secondary N) is 1. The second kappa shape index (κ2) is 9.30. The van der Waals surface area contributed by atoms with E-state index in [4.69, 9.17) is 4.74 Å². The highest BCUT2D eigenvalue weighted by Crippen LogP contribution is 2.18. The van der Waals surface area contributed by atoms with E-state index < -0.39 is 0 Å². The predicted molar refractivity (Wildman–Crippen MR) is 94.2 cm³/mol. The maximum Gasteiger partial charge on any atom is 0.260 e. The van der Waals surface area contributed by atoms with E-state index >= 15 is 0 Å². The molecule has 1 aliphatic heterocycles.